The molecule has 0 unspecified atom stereocenters. The van der Waals surface area contributed by atoms with Gasteiger partial charge in [-0.15, -0.1) is 0 Å². The van der Waals surface area contributed by atoms with E-state index in [1.807, 2.05) is 6.92 Å². The van der Waals surface area contributed by atoms with Gasteiger partial charge in [0.25, 0.3) is 0 Å². The number of nitrogens with zero attached hydrogens (tertiary/aromatic N) is 4. The summed E-state index contributed by atoms with van der Waals surface area (Å²) in [5, 5.41) is 9.11. The summed E-state index contributed by atoms with van der Waals surface area (Å²) in [6.07, 6.45) is 1.72. The summed E-state index contributed by atoms with van der Waals surface area (Å²) in [7, 11) is 0. The van der Waals surface area contributed by atoms with E-state index in [0.29, 0.717) is 0 Å². The standard InChI is InChI=1S/C12H15N5/c1-6(2)17-15-11-7(3)9-10(14-5-13-9)8(4)12(11)16-17/h5-6H,1-4H3,(H,13,14). The van der Waals surface area contributed by atoms with Crippen molar-refractivity contribution in [2.45, 2.75) is 33.7 Å². The van der Waals surface area contributed by atoms with E-state index in [-0.39, 0.29) is 6.04 Å². The van der Waals surface area contributed by atoms with Crippen LogP contribution in [0.4, 0.5) is 0 Å². The van der Waals surface area contributed by atoms with Crippen molar-refractivity contribution >= 4 is 22.1 Å². The second-order valence-corrected chi connectivity index (χ2v) is 4.69. The minimum absolute atomic E-state index is 0.271. The van der Waals surface area contributed by atoms with Gasteiger partial charge in [0.05, 0.1) is 23.4 Å². The number of hydrogen-bond donors (Lipinski definition) is 1. The topological polar surface area (TPSA) is 59.4 Å². The van der Waals surface area contributed by atoms with Gasteiger partial charge in [-0.3, -0.25) is 0 Å². The van der Waals surface area contributed by atoms with Crippen molar-refractivity contribution < 1.29 is 0 Å². The Labute approximate surface area is 98.8 Å². The second-order valence-electron chi connectivity index (χ2n) is 4.69. The molecule has 0 atom stereocenters. The molecule has 2 aromatic heterocycles. The molecule has 0 bridgehead atoms. The summed E-state index contributed by atoms with van der Waals surface area (Å²) in [6.45, 7) is 8.26. The third-order valence-corrected chi connectivity index (χ3v) is 3.17. The first kappa shape index (κ1) is 10.3. The first-order chi connectivity index (χ1) is 8.09. The molecule has 88 valence electrons. The third-order valence-electron chi connectivity index (χ3n) is 3.17. The molecular formula is C12H15N5. The Balaban J connectivity index is 2.49. The maximum absolute atomic E-state index is 4.56. The van der Waals surface area contributed by atoms with Gasteiger partial charge in [-0.05, 0) is 27.7 Å². The predicted molar refractivity (Wildman–Crippen MR) is 67.0 cm³/mol. The van der Waals surface area contributed by atoms with Crippen LogP contribution in [0.15, 0.2) is 6.33 Å². The first-order valence-corrected chi connectivity index (χ1v) is 5.78. The zero-order valence-electron chi connectivity index (χ0n) is 10.4. The molecule has 0 radical (unpaired) electrons. The van der Waals surface area contributed by atoms with Crippen LogP contribution in [-0.2, 0) is 0 Å². The van der Waals surface area contributed by atoms with Gasteiger partial charge in [-0.2, -0.15) is 15.0 Å². The van der Waals surface area contributed by atoms with Crippen molar-refractivity contribution in [3.05, 3.63) is 17.5 Å². The fourth-order valence-corrected chi connectivity index (χ4v) is 2.15. The number of fused-ring (bicyclic) bond motifs is 2. The molecule has 0 amide bonds. The predicted octanol–water partition coefficient (Wildman–Crippen LogP) is 2.51. The van der Waals surface area contributed by atoms with Crippen LogP contribution in [0.1, 0.15) is 31.0 Å². The van der Waals surface area contributed by atoms with Crippen LogP contribution in [0.5, 0.6) is 0 Å². The van der Waals surface area contributed by atoms with Crippen molar-refractivity contribution in [1.82, 2.24) is 25.0 Å². The molecule has 0 aliphatic carbocycles. The van der Waals surface area contributed by atoms with Crippen molar-refractivity contribution in [2.24, 2.45) is 0 Å². The van der Waals surface area contributed by atoms with Gasteiger partial charge in [0.2, 0.25) is 0 Å². The van der Waals surface area contributed by atoms with Gasteiger partial charge in [0.1, 0.15) is 11.0 Å². The number of aryl methyl sites for hydroxylation is 2. The molecule has 3 rings (SSSR count). The Morgan fingerprint density at radius 3 is 2.35 bits per heavy atom. The molecule has 0 saturated carbocycles. The monoisotopic (exact) mass is 229 g/mol. The molecule has 0 saturated heterocycles. The average Bonchev–Trinajstić information content (AvgIpc) is 2.92. The van der Waals surface area contributed by atoms with E-state index in [9.17, 15) is 0 Å². The molecule has 5 nitrogen and oxygen atoms in total. The van der Waals surface area contributed by atoms with Gasteiger partial charge in [-0.25, -0.2) is 4.98 Å². The molecule has 0 spiro atoms. The van der Waals surface area contributed by atoms with Crippen LogP contribution in [-0.4, -0.2) is 25.0 Å². The Morgan fingerprint density at radius 2 is 1.71 bits per heavy atom. The quantitative estimate of drug-likeness (QED) is 0.697. The largest absolute Gasteiger partial charge is 0.344 e. The molecule has 0 aliphatic rings. The lowest BCUT2D eigenvalue weighted by Crippen LogP contribution is -2.04. The lowest BCUT2D eigenvalue weighted by molar-refractivity contribution is 0.472. The molecule has 2 heterocycles. The highest BCUT2D eigenvalue weighted by Crippen LogP contribution is 2.27. The highest BCUT2D eigenvalue weighted by atomic mass is 15.5. The number of hydrogen-bond acceptors (Lipinski definition) is 3. The summed E-state index contributed by atoms with van der Waals surface area (Å²) in [4.78, 5) is 9.29. The number of imidazole rings is 1. The number of H-pyrrole nitrogens is 1. The van der Waals surface area contributed by atoms with E-state index >= 15 is 0 Å². The van der Waals surface area contributed by atoms with E-state index < -0.39 is 0 Å². The zero-order valence-corrected chi connectivity index (χ0v) is 10.4. The summed E-state index contributed by atoms with van der Waals surface area (Å²) in [5.74, 6) is 0. The summed E-state index contributed by atoms with van der Waals surface area (Å²) in [5.41, 5.74) is 6.18. The van der Waals surface area contributed by atoms with Gasteiger partial charge in [0, 0.05) is 11.1 Å². The van der Waals surface area contributed by atoms with Crippen LogP contribution in [0, 0.1) is 13.8 Å². The van der Waals surface area contributed by atoms with E-state index in [1.165, 1.54) is 0 Å². The fraction of sp³-hybridized carbons (Fsp3) is 0.417. The van der Waals surface area contributed by atoms with Crippen LogP contribution in [0.2, 0.25) is 0 Å². The Hall–Kier alpha value is -1.91. The Bertz CT molecular complexity index is 650. The molecule has 1 aromatic carbocycles. The van der Waals surface area contributed by atoms with Gasteiger partial charge in [0.15, 0.2) is 0 Å². The second kappa shape index (κ2) is 3.29. The average molecular weight is 229 g/mol. The van der Waals surface area contributed by atoms with Gasteiger partial charge in [-0.1, -0.05) is 0 Å². The van der Waals surface area contributed by atoms with Crippen LogP contribution in [0.3, 0.4) is 0 Å². The van der Waals surface area contributed by atoms with E-state index in [0.717, 1.165) is 33.2 Å². The fourth-order valence-electron chi connectivity index (χ4n) is 2.15. The maximum Gasteiger partial charge on any atom is 0.118 e. The van der Waals surface area contributed by atoms with Crippen molar-refractivity contribution in [2.75, 3.05) is 0 Å². The SMILES string of the molecule is Cc1c2nn(C(C)C)nc2c(C)c2[nH]cnc12. The molecule has 1 N–H and O–H groups in total. The third kappa shape index (κ3) is 1.28. The highest BCUT2D eigenvalue weighted by Gasteiger charge is 2.16. The van der Waals surface area contributed by atoms with Crippen LogP contribution < -0.4 is 0 Å². The molecule has 0 aliphatic heterocycles. The van der Waals surface area contributed by atoms with Gasteiger partial charge >= 0.3 is 0 Å². The number of benzene rings is 1. The smallest absolute Gasteiger partial charge is 0.118 e. The Morgan fingerprint density at radius 1 is 1.06 bits per heavy atom. The lowest BCUT2D eigenvalue weighted by Gasteiger charge is -2.00. The zero-order chi connectivity index (χ0) is 12.2. The number of nitrogens with one attached hydrogen (secondary N) is 1. The molecule has 3 aromatic rings. The van der Waals surface area contributed by atoms with Crippen molar-refractivity contribution in [3.8, 4) is 0 Å². The van der Waals surface area contributed by atoms with Gasteiger partial charge < -0.3 is 4.98 Å². The summed E-state index contributed by atoms with van der Waals surface area (Å²) in [6, 6.07) is 0.271. The van der Waals surface area contributed by atoms with Crippen molar-refractivity contribution in [3.63, 3.8) is 0 Å². The summed E-state index contributed by atoms with van der Waals surface area (Å²) >= 11 is 0. The number of aromatic nitrogens is 5. The van der Waals surface area contributed by atoms with Crippen LogP contribution in [0.25, 0.3) is 22.1 Å². The van der Waals surface area contributed by atoms with E-state index in [2.05, 4.69) is 40.9 Å². The number of rotatable bonds is 1. The Kier molecular flexibility index (Phi) is 1.98. The minimum atomic E-state index is 0.271. The first-order valence-electron chi connectivity index (χ1n) is 5.78. The highest BCUT2D eigenvalue weighted by molar-refractivity contribution is 5.98. The molecule has 0 fully saturated rings. The van der Waals surface area contributed by atoms with Crippen molar-refractivity contribution in [1.29, 1.82) is 0 Å². The van der Waals surface area contributed by atoms with E-state index in [1.54, 1.807) is 11.1 Å². The molecule has 17 heavy (non-hydrogen) atoms. The maximum atomic E-state index is 4.56. The van der Waals surface area contributed by atoms with E-state index in [4.69, 9.17) is 0 Å². The molecule has 5 heteroatoms. The number of aromatic amines is 1. The lowest BCUT2D eigenvalue weighted by atomic mass is 10.1. The summed E-state index contributed by atoms with van der Waals surface area (Å²) < 4.78 is 0. The minimum Gasteiger partial charge on any atom is -0.344 e. The molecular weight excluding hydrogens is 214 g/mol. The van der Waals surface area contributed by atoms with Crippen LogP contribution >= 0.6 is 0 Å². The normalized spacial score (nSPS) is 12.1.